The molecular weight excluding hydrogens is 240 g/mol. The van der Waals surface area contributed by atoms with E-state index in [0.29, 0.717) is 5.16 Å². The Hall–Kier alpha value is -0.680. The summed E-state index contributed by atoms with van der Waals surface area (Å²) in [4.78, 5) is 18.4. The molecule has 0 aliphatic heterocycles. The van der Waals surface area contributed by atoms with Crippen LogP contribution in [0, 0.1) is 0 Å². The fourth-order valence-electron chi connectivity index (χ4n) is 1.21. The average molecular weight is 256 g/mol. The predicted molar refractivity (Wildman–Crippen MR) is 72.6 cm³/mol. The highest BCUT2D eigenvalue weighted by atomic mass is 32.2. The SMILES string of the molecule is CCCc1cc(=O)[nH]c(SCC=CCS)n1. The second-order valence-electron chi connectivity index (χ2n) is 3.26. The zero-order chi connectivity index (χ0) is 11.8. The first kappa shape index (κ1) is 13.4. The van der Waals surface area contributed by atoms with Crippen molar-refractivity contribution in [2.75, 3.05) is 11.5 Å². The Morgan fingerprint density at radius 1 is 1.56 bits per heavy atom. The molecule has 16 heavy (non-hydrogen) atoms. The predicted octanol–water partition coefficient (Wildman–Crippen LogP) is 2.30. The number of rotatable bonds is 6. The number of nitrogens with one attached hydrogen (secondary N) is 1. The summed E-state index contributed by atoms with van der Waals surface area (Å²) >= 11 is 5.60. The molecule has 0 atom stereocenters. The lowest BCUT2D eigenvalue weighted by Gasteiger charge is -2.01. The molecule has 0 spiro atoms. The molecule has 0 aliphatic carbocycles. The second-order valence-corrected chi connectivity index (χ2v) is 4.63. The van der Waals surface area contributed by atoms with Crippen molar-refractivity contribution >= 4 is 24.4 Å². The van der Waals surface area contributed by atoms with Crippen LogP contribution in [0.25, 0.3) is 0 Å². The van der Waals surface area contributed by atoms with Crippen molar-refractivity contribution in [2.45, 2.75) is 24.9 Å². The summed E-state index contributed by atoms with van der Waals surface area (Å²) in [5, 5.41) is 0.694. The number of aromatic amines is 1. The highest BCUT2D eigenvalue weighted by molar-refractivity contribution is 7.99. The number of aryl methyl sites for hydroxylation is 1. The van der Waals surface area contributed by atoms with Crippen LogP contribution < -0.4 is 5.56 Å². The van der Waals surface area contributed by atoms with Gasteiger partial charge >= 0.3 is 0 Å². The number of thiol groups is 1. The van der Waals surface area contributed by atoms with Gasteiger partial charge in [-0.1, -0.05) is 37.3 Å². The summed E-state index contributed by atoms with van der Waals surface area (Å²) in [5.74, 6) is 1.54. The van der Waals surface area contributed by atoms with Crippen LogP contribution in [0.1, 0.15) is 19.0 Å². The Kier molecular flexibility index (Phi) is 6.33. The van der Waals surface area contributed by atoms with Crippen molar-refractivity contribution in [3.8, 4) is 0 Å². The van der Waals surface area contributed by atoms with Gasteiger partial charge in [-0.05, 0) is 6.42 Å². The first-order valence-electron chi connectivity index (χ1n) is 5.25. The third-order valence-corrected chi connectivity index (χ3v) is 2.90. The minimum absolute atomic E-state index is 0.0703. The maximum atomic E-state index is 11.3. The monoisotopic (exact) mass is 256 g/mol. The molecule has 0 amide bonds. The van der Waals surface area contributed by atoms with Gasteiger partial charge in [0.05, 0.1) is 0 Å². The number of aromatic nitrogens is 2. The van der Waals surface area contributed by atoms with Crippen molar-refractivity contribution in [1.29, 1.82) is 0 Å². The zero-order valence-corrected chi connectivity index (χ0v) is 11.0. The Morgan fingerprint density at radius 3 is 3.06 bits per heavy atom. The van der Waals surface area contributed by atoms with E-state index in [1.165, 1.54) is 11.8 Å². The van der Waals surface area contributed by atoms with Crippen molar-refractivity contribution in [3.63, 3.8) is 0 Å². The van der Waals surface area contributed by atoms with Gasteiger partial charge in [0.1, 0.15) is 0 Å². The van der Waals surface area contributed by atoms with E-state index < -0.39 is 0 Å². The molecule has 1 aromatic rings. The smallest absolute Gasteiger partial charge is 0.251 e. The van der Waals surface area contributed by atoms with Gasteiger partial charge in [-0.25, -0.2) is 4.98 Å². The molecule has 0 bridgehead atoms. The van der Waals surface area contributed by atoms with Gasteiger partial charge in [0, 0.05) is 23.3 Å². The average Bonchev–Trinajstić information content (AvgIpc) is 2.24. The Bertz CT molecular complexity index is 401. The lowest BCUT2D eigenvalue weighted by atomic mass is 10.2. The van der Waals surface area contributed by atoms with Gasteiger partial charge in [-0.2, -0.15) is 12.6 Å². The van der Waals surface area contributed by atoms with Crippen LogP contribution in [-0.4, -0.2) is 21.5 Å². The third kappa shape index (κ3) is 4.90. The molecule has 0 unspecified atom stereocenters. The number of H-pyrrole nitrogens is 1. The van der Waals surface area contributed by atoms with Crippen molar-refractivity contribution in [1.82, 2.24) is 9.97 Å². The number of hydrogen-bond donors (Lipinski definition) is 2. The molecule has 1 rings (SSSR count). The molecule has 88 valence electrons. The lowest BCUT2D eigenvalue weighted by molar-refractivity contribution is 0.816. The molecule has 0 aliphatic rings. The molecule has 5 heteroatoms. The van der Waals surface area contributed by atoms with Crippen LogP contribution in [0.15, 0.2) is 28.2 Å². The van der Waals surface area contributed by atoms with Gasteiger partial charge in [0.25, 0.3) is 5.56 Å². The molecule has 3 nitrogen and oxygen atoms in total. The van der Waals surface area contributed by atoms with Crippen LogP contribution in [0.4, 0.5) is 0 Å². The molecule has 0 saturated heterocycles. The Balaban J connectivity index is 2.65. The van der Waals surface area contributed by atoms with E-state index in [2.05, 4.69) is 29.5 Å². The minimum Gasteiger partial charge on any atom is -0.301 e. The summed E-state index contributed by atoms with van der Waals surface area (Å²) in [7, 11) is 0. The molecule has 0 fully saturated rings. The van der Waals surface area contributed by atoms with E-state index in [4.69, 9.17) is 0 Å². The lowest BCUT2D eigenvalue weighted by Crippen LogP contribution is -2.09. The van der Waals surface area contributed by atoms with Gasteiger partial charge < -0.3 is 4.98 Å². The number of hydrogen-bond acceptors (Lipinski definition) is 4. The van der Waals surface area contributed by atoms with E-state index >= 15 is 0 Å². The Morgan fingerprint density at radius 2 is 2.38 bits per heavy atom. The largest absolute Gasteiger partial charge is 0.301 e. The highest BCUT2D eigenvalue weighted by Crippen LogP contribution is 2.11. The normalized spacial score (nSPS) is 11.1. The molecular formula is C11H16N2OS2. The fraction of sp³-hybridized carbons (Fsp3) is 0.455. The maximum absolute atomic E-state index is 11.3. The molecule has 0 aromatic carbocycles. The molecule has 0 radical (unpaired) electrons. The highest BCUT2D eigenvalue weighted by Gasteiger charge is 2.00. The van der Waals surface area contributed by atoms with Crippen molar-refractivity contribution < 1.29 is 0 Å². The van der Waals surface area contributed by atoms with Crippen LogP contribution in [0.2, 0.25) is 0 Å². The third-order valence-electron chi connectivity index (χ3n) is 1.87. The van der Waals surface area contributed by atoms with Gasteiger partial charge in [-0.15, -0.1) is 0 Å². The van der Waals surface area contributed by atoms with Crippen LogP contribution in [-0.2, 0) is 6.42 Å². The van der Waals surface area contributed by atoms with E-state index in [1.807, 2.05) is 12.2 Å². The summed E-state index contributed by atoms with van der Waals surface area (Å²) in [6, 6.07) is 1.57. The minimum atomic E-state index is -0.0703. The van der Waals surface area contributed by atoms with Gasteiger partial charge in [0.15, 0.2) is 5.16 Å². The number of nitrogens with zero attached hydrogens (tertiary/aromatic N) is 1. The zero-order valence-electron chi connectivity index (χ0n) is 9.27. The number of thioether (sulfide) groups is 1. The summed E-state index contributed by atoms with van der Waals surface area (Å²) in [6.45, 7) is 2.07. The first-order valence-corrected chi connectivity index (χ1v) is 6.87. The molecule has 0 saturated carbocycles. The molecule has 1 N–H and O–H groups in total. The summed E-state index contributed by atoms with van der Waals surface area (Å²) in [6.07, 6.45) is 5.85. The van der Waals surface area contributed by atoms with Crippen molar-refractivity contribution in [2.24, 2.45) is 0 Å². The maximum Gasteiger partial charge on any atom is 0.251 e. The van der Waals surface area contributed by atoms with Crippen LogP contribution in [0.3, 0.4) is 0 Å². The first-order chi connectivity index (χ1) is 7.76. The van der Waals surface area contributed by atoms with E-state index in [0.717, 1.165) is 30.0 Å². The summed E-state index contributed by atoms with van der Waals surface area (Å²) < 4.78 is 0. The van der Waals surface area contributed by atoms with E-state index in [-0.39, 0.29) is 5.56 Å². The molecule has 1 aromatic heterocycles. The summed E-state index contributed by atoms with van der Waals surface area (Å²) in [5.41, 5.74) is 0.797. The van der Waals surface area contributed by atoms with E-state index in [9.17, 15) is 4.79 Å². The van der Waals surface area contributed by atoms with Gasteiger partial charge in [0.2, 0.25) is 0 Å². The van der Waals surface area contributed by atoms with Crippen molar-refractivity contribution in [3.05, 3.63) is 34.3 Å². The van der Waals surface area contributed by atoms with Gasteiger partial charge in [-0.3, -0.25) is 4.79 Å². The second kappa shape index (κ2) is 7.57. The topological polar surface area (TPSA) is 45.8 Å². The van der Waals surface area contributed by atoms with Crippen LogP contribution in [0.5, 0.6) is 0 Å². The van der Waals surface area contributed by atoms with E-state index in [1.54, 1.807) is 6.07 Å². The standard InChI is InChI=1S/C11H16N2OS2/c1-2-5-9-8-10(14)13-11(12-9)16-7-4-3-6-15/h3-4,8,15H,2,5-7H2,1H3,(H,12,13,14). The Labute approximate surface area is 105 Å². The fourth-order valence-corrected chi connectivity index (χ4v) is 2.10. The quantitative estimate of drug-likeness (QED) is 0.355. The molecule has 1 heterocycles. The van der Waals surface area contributed by atoms with Crippen LogP contribution >= 0.6 is 24.4 Å².